The van der Waals surface area contributed by atoms with Crippen molar-refractivity contribution in [3.05, 3.63) is 57.8 Å². The molecule has 2 aromatic rings. The van der Waals surface area contributed by atoms with Gasteiger partial charge in [-0.1, -0.05) is 0 Å². The highest BCUT2D eigenvalue weighted by Gasteiger charge is 2.13. The van der Waals surface area contributed by atoms with Crippen LogP contribution in [0.1, 0.15) is 15.9 Å². The molecule has 1 N–H and O–H groups in total. The number of nitrogens with zero attached hydrogens (tertiary/aromatic N) is 1. The molecular weight excluding hydrogens is 308 g/mol. The molecule has 0 bridgehead atoms. The first-order chi connectivity index (χ1) is 8.49. The second kappa shape index (κ2) is 4.89. The number of hydrogen-bond donors (Lipinski definition) is 1. The van der Waals surface area contributed by atoms with Crippen LogP contribution in [0.25, 0.3) is 0 Å². The third kappa shape index (κ3) is 2.43. The molecule has 0 atom stereocenters. The number of halogens is 3. The van der Waals surface area contributed by atoms with E-state index in [2.05, 4.69) is 15.9 Å². The Balaban J connectivity index is 2.33. The standard InChI is InChI=1S/C12H8BrF2NO2/c13-9-1-2-10(14)8(11(9)15)6-16-4-3-7(5-16)12(17)18/h1-5H,6H2,(H,17,18). The molecule has 94 valence electrons. The third-order valence-electron chi connectivity index (χ3n) is 2.48. The van der Waals surface area contributed by atoms with Gasteiger partial charge in [-0.25, -0.2) is 13.6 Å². The number of rotatable bonds is 3. The molecule has 0 saturated heterocycles. The van der Waals surface area contributed by atoms with Gasteiger partial charge in [-0.2, -0.15) is 0 Å². The molecule has 0 radical (unpaired) electrons. The van der Waals surface area contributed by atoms with Gasteiger partial charge in [0.25, 0.3) is 0 Å². The van der Waals surface area contributed by atoms with E-state index in [-0.39, 0.29) is 22.1 Å². The van der Waals surface area contributed by atoms with E-state index < -0.39 is 17.6 Å². The van der Waals surface area contributed by atoms with Crippen molar-refractivity contribution in [2.24, 2.45) is 0 Å². The van der Waals surface area contributed by atoms with Crippen molar-refractivity contribution in [1.29, 1.82) is 0 Å². The van der Waals surface area contributed by atoms with Crippen LogP contribution in [0.3, 0.4) is 0 Å². The fourth-order valence-electron chi connectivity index (χ4n) is 1.56. The van der Waals surface area contributed by atoms with Gasteiger partial charge in [0.15, 0.2) is 0 Å². The van der Waals surface area contributed by atoms with Crippen LogP contribution in [-0.4, -0.2) is 15.6 Å². The summed E-state index contributed by atoms with van der Waals surface area (Å²) in [5.41, 5.74) is -0.0391. The number of carbonyl (C=O) groups is 1. The summed E-state index contributed by atoms with van der Waals surface area (Å²) in [5, 5.41) is 8.75. The molecule has 0 saturated carbocycles. The summed E-state index contributed by atoms with van der Waals surface area (Å²) in [6.45, 7) is -0.0651. The van der Waals surface area contributed by atoms with Crippen LogP contribution in [-0.2, 0) is 6.54 Å². The maximum Gasteiger partial charge on any atom is 0.337 e. The van der Waals surface area contributed by atoms with Gasteiger partial charge in [0.2, 0.25) is 0 Å². The Morgan fingerprint density at radius 1 is 1.33 bits per heavy atom. The van der Waals surface area contributed by atoms with Crippen molar-refractivity contribution in [3.63, 3.8) is 0 Å². The van der Waals surface area contributed by atoms with E-state index in [1.807, 2.05) is 0 Å². The molecule has 0 aliphatic rings. The van der Waals surface area contributed by atoms with Crippen molar-refractivity contribution in [2.75, 3.05) is 0 Å². The van der Waals surface area contributed by atoms with Crippen LogP contribution >= 0.6 is 15.9 Å². The SMILES string of the molecule is O=C(O)c1ccn(Cc2c(F)ccc(Br)c2F)c1. The van der Waals surface area contributed by atoms with Crippen LogP contribution < -0.4 is 0 Å². The van der Waals surface area contributed by atoms with Gasteiger partial charge >= 0.3 is 5.97 Å². The fraction of sp³-hybridized carbons (Fsp3) is 0.0833. The Bertz CT molecular complexity index is 610. The third-order valence-corrected chi connectivity index (χ3v) is 3.09. The molecule has 1 aromatic heterocycles. The molecule has 0 spiro atoms. The lowest BCUT2D eigenvalue weighted by Crippen LogP contribution is -2.04. The number of hydrogen-bond acceptors (Lipinski definition) is 1. The molecule has 0 fully saturated rings. The lowest BCUT2D eigenvalue weighted by Gasteiger charge is -2.07. The van der Waals surface area contributed by atoms with E-state index in [1.54, 1.807) is 0 Å². The highest BCUT2D eigenvalue weighted by atomic mass is 79.9. The van der Waals surface area contributed by atoms with Crippen molar-refractivity contribution in [3.8, 4) is 0 Å². The quantitative estimate of drug-likeness (QED) is 0.883. The van der Waals surface area contributed by atoms with E-state index in [0.29, 0.717) is 0 Å². The predicted molar refractivity (Wildman–Crippen MR) is 64.6 cm³/mol. The molecule has 1 aromatic carbocycles. The zero-order chi connectivity index (χ0) is 13.3. The minimum absolute atomic E-state index is 0.0651. The zero-order valence-corrected chi connectivity index (χ0v) is 10.6. The number of benzene rings is 1. The summed E-state index contributed by atoms with van der Waals surface area (Å²) in [6, 6.07) is 3.81. The van der Waals surface area contributed by atoms with Crippen LogP contribution in [0, 0.1) is 11.6 Å². The number of carboxylic acids is 1. The smallest absolute Gasteiger partial charge is 0.337 e. The molecule has 3 nitrogen and oxygen atoms in total. The predicted octanol–water partition coefficient (Wildman–Crippen LogP) is 3.28. The summed E-state index contributed by atoms with van der Waals surface area (Å²) < 4.78 is 28.8. The molecule has 0 aliphatic carbocycles. The van der Waals surface area contributed by atoms with Crippen molar-refractivity contribution >= 4 is 21.9 Å². The molecule has 0 unspecified atom stereocenters. The first-order valence-corrected chi connectivity index (χ1v) is 5.80. The topological polar surface area (TPSA) is 42.2 Å². The maximum absolute atomic E-state index is 13.7. The number of aromatic nitrogens is 1. The molecule has 1 heterocycles. The van der Waals surface area contributed by atoms with Crippen LogP contribution in [0.15, 0.2) is 35.1 Å². The van der Waals surface area contributed by atoms with Crippen LogP contribution in [0.4, 0.5) is 8.78 Å². The van der Waals surface area contributed by atoms with Gasteiger partial charge in [-0.15, -0.1) is 0 Å². The summed E-state index contributed by atoms with van der Waals surface area (Å²) in [7, 11) is 0. The summed E-state index contributed by atoms with van der Waals surface area (Å²) in [5.74, 6) is -2.43. The molecule has 2 rings (SSSR count). The lowest BCUT2D eigenvalue weighted by molar-refractivity contribution is 0.0697. The van der Waals surface area contributed by atoms with E-state index >= 15 is 0 Å². The monoisotopic (exact) mass is 315 g/mol. The van der Waals surface area contributed by atoms with Crippen molar-refractivity contribution < 1.29 is 18.7 Å². The van der Waals surface area contributed by atoms with Crippen LogP contribution in [0.5, 0.6) is 0 Å². The van der Waals surface area contributed by atoms with Gasteiger partial charge in [0, 0.05) is 18.0 Å². The van der Waals surface area contributed by atoms with E-state index in [4.69, 9.17) is 5.11 Å². The Morgan fingerprint density at radius 2 is 2.06 bits per heavy atom. The first kappa shape index (κ1) is 12.8. The average molecular weight is 316 g/mol. The lowest BCUT2D eigenvalue weighted by atomic mass is 10.2. The van der Waals surface area contributed by atoms with E-state index in [1.165, 1.54) is 29.1 Å². The van der Waals surface area contributed by atoms with Crippen molar-refractivity contribution in [1.82, 2.24) is 4.57 Å². The Hall–Kier alpha value is -1.69. The fourth-order valence-corrected chi connectivity index (χ4v) is 1.93. The van der Waals surface area contributed by atoms with Gasteiger partial charge in [0.1, 0.15) is 11.6 Å². The van der Waals surface area contributed by atoms with Crippen molar-refractivity contribution in [2.45, 2.75) is 6.54 Å². The summed E-state index contributed by atoms with van der Waals surface area (Å²) in [4.78, 5) is 10.7. The van der Waals surface area contributed by atoms with Gasteiger partial charge in [0.05, 0.1) is 16.6 Å². The molecule has 0 aliphatic heterocycles. The summed E-state index contributed by atoms with van der Waals surface area (Å²) >= 11 is 2.98. The minimum Gasteiger partial charge on any atom is -0.478 e. The zero-order valence-electron chi connectivity index (χ0n) is 9.03. The van der Waals surface area contributed by atoms with Gasteiger partial charge in [-0.3, -0.25) is 0 Å². The highest BCUT2D eigenvalue weighted by Crippen LogP contribution is 2.22. The second-order valence-corrected chi connectivity index (χ2v) is 4.55. The Kier molecular flexibility index (Phi) is 3.47. The molecule has 6 heteroatoms. The number of carboxylic acid groups (broad SMARTS) is 1. The van der Waals surface area contributed by atoms with Gasteiger partial charge < -0.3 is 9.67 Å². The number of aromatic carboxylic acids is 1. The minimum atomic E-state index is -1.08. The Morgan fingerprint density at radius 3 is 2.67 bits per heavy atom. The largest absolute Gasteiger partial charge is 0.478 e. The summed E-state index contributed by atoms with van der Waals surface area (Å²) in [6.07, 6.45) is 2.78. The highest BCUT2D eigenvalue weighted by molar-refractivity contribution is 9.10. The van der Waals surface area contributed by atoms with Crippen LogP contribution in [0.2, 0.25) is 0 Å². The van der Waals surface area contributed by atoms with E-state index in [0.717, 1.165) is 6.07 Å². The normalized spacial score (nSPS) is 10.6. The second-order valence-electron chi connectivity index (χ2n) is 3.70. The first-order valence-electron chi connectivity index (χ1n) is 5.00. The molecular formula is C12H8BrF2NO2. The maximum atomic E-state index is 13.7. The molecule has 18 heavy (non-hydrogen) atoms. The van der Waals surface area contributed by atoms with Gasteiger partial charge in [-0.05, 0) is 34.1 Å². The Labute approximate surface area is 110 Å². The van der Waals surface area contributed by atoms with E-state index in [9.17, 15) is 13.6 Å². The molecule has 0 amide bonds. The average Bonchev–Trinajstić information content (AvgIpc) is 2.78.